The van der Waals surface area contributed by atoms with E-state index in [4.69, 9.17) is 0 Å². The lowest BCUT2D eigenvalue weighted by molar-refractivity contribution is -0.385. The normalized spacial score (nSPS) is 16.0. The van der Waals surface area contributed by atoms with E-state index < -0.39 is 0 Å². The van der Waals surface area contributed by atoms with Crippen LogP contribution < -0.4 is 10.2 Å². The van der Waals surface area contributed by atoms with Crippen molar-refractivity contribution < 1.29 is 4.92 Å². The van der Waals surface area contributed by atoms with Gasteiger partial charge in [0.25, 0.3) is 5.69 Å². The highest BCUT2D eigenvalue weighted by molar-refractivity contribution is 9.10. The van der Waals surface area contributed by atoms with Crippen molar-refractivity contribution in [3.8, 4) is 0 Å². The average Bonchev–Trinajstić information content (AvgIpc) is 2.32. The zero-order chi connectivity index (χ0) is 12.4. The van der Waals surface area contributed by atoms with Crippen molar-refractivity contribution in [3.05, 3.63) is 32.3 Å². The van der Waals surface area contributed by atoms with Crippen LogP contribution in [-0.4, -0.2) is 31.1 Å². The number of rotatable bonds is 2. The molecule has 0 amide bonds. The molecule has 0 saturated carbocycles. The summed E-state index contributed by atoms with van der Waals surface area (Å²) in [6.07, 6.45) is 0. The van der Waals surface area contributed by atoms with Gasteiger partial charge in [0.1, 0.15) is 0 Å². The lowest BCUT2D eigenvalue weighted by Crippen LogP contribution is -2.43. The largest absolute Gasteiger partial charge is 0.368 e. The van der Waals surface area contributed by atoms with Crippen LogP contribution in [0.4, 0.5) is 11.4 Å². The second kappa shape index (κ2) is 5.01. The average molecular weight is 300 g/mol. The van der Waals surface area contributed by atoms with E-state index in [1.165, 1.54) is 0 Å². The number of nitro benzene ring substituents is 1. The van der Waals surface area contributed by atoms with Gasteiger partial charge in [-0.2, -0.15) is 0 Å². The van der Waals surface area contributed by atoms with Crippen LogP contribution in [0.3, 0.4) is 0 Å². The monoisotopic (exact) mass is 299 g/mol. The fraction of sp³-hybridized carbons (Fsp3) is 0.455. The highest BCUT2D eigenvalue weighted by atomic mass is 79.9. The maximum absolute atomic E-state index is 10.8. The summed E-state index contributed by atoms with van der Waals surface area (Å²) in [5.41, 5.74) is 1.90. The van der Waals surface area contributed by atoms with Crippen molar-refractivity contribution in [1.29, 1.82) is 0 Å². The summed E-state index contributed by atoms with van der Waals surface area (Å²) < 4.78 is 0.789. The molecule has 0 bridgehead atoms. The number of nitrogens with one attached hydrogen (secondary N) is 1. The van der Waals surface area contributed by atoms with E-state index in [-0.39, 0.29) is 10.6 Å². The first-order valence-electron chi connectivity index (χ1n) is 5.50. The Hall–Kier alpha value is -1.14. The molecule has 1 saturated heterocycles. The lowest BCUT2D eigenvalue weighted by atomic mass is 10.1. The van der Waals surface area contributed by atoms with Crippen LogP contribution in [0.1, 0.15) is 5.56 Å². The molecular formula is C11H14BrN3O2. The van der Waals surface area contributed by atoms with E-state index in [0.717, 1.165) is 36.3 Å². The Labute approximate surface area is 108 Å². The number of halogens is 1. The second-order valence-corrected chi connectivity index (χ2v) is 4.94. The van der Waals surface area contributed by atoms with Crippen LogP contribution in [-0.2, 0) is 0 Å². The Kier molecular flexibility index (Phi) is 3.63. The summed E-state index contributed by atoms with van der Waals surface area (Å²) in [5.74, 6) is 0. The maximum Gasteiger partial charge on any atom is 0.273 e. The van der Waals surface area contributed by atoms with Crippen LogP contribution >= 0.6 is 15.9 Å². The summed E-state index contributed by atoms with van der Waals surface area (Å²) in [7, 11) is 0. The van der Waals surface area contributed by atoms with Gasteiger partial charge in [0.05, 0.1) is 10.6 Å². The zero-order valence-corrected chi connectivity index (χ0v) is 11.2. The molecule has 1 aliphatic rings. The fourth-order valence-corrected chi connectivity index (χ4v) is 2.58. The third-order valence-corrected chi connectivity index (χ3v) is 3.55. The number of aryl methyl sites for hydroxylation is 1. The van der Waals surface area contributed by atoms with Crippen molar-refractivity contribution in [2.45, 2.75) is 6.92 Å². The number of benzene rings is 1. The van der Waals surface area contributed by atoms with Crippen molar-refractivity contribution in [1.82, 2.24) is 5.32 Å². The minimum atomic E-state index is -0.346. The Morgan fingerprint density at radius 1 is 1.41 bits per heavy atom. The van der Waals surface area contributed by atoms with Gasteiger partial charge in [-0.3, -0.25) is 10.1 Å². The maximum atomic E-state index is 10.8. The van der Waals surface area contributed by atoms with E-state index in [1.807, 2.05) is 6.07 Å². The molecule has 92 valence electrons. The number of nitrogens with zero attached hydrogens (tertiary/aromatic N) is 2. The molecule has 6 heteroatoms. The van der Waals surface area contributed by atoms with Gasteiger partial charge in [-0.05, 0) is 28.9 Å². The smallest absolute Gasteiger partial charge is 0.273 e. The molecule has 0 radical (unpaired) electrons. The van der Waals surface area contributed by atoms with Crippen molar-refractivity contribution in [2.24, 2.45) is 0 Å². The molecule has 2 rings (SSSR count). The van der Waals surface area contributed by atoms with Crippen molar-refractivity contribution in [2.75, 3.05) is 31.1 Å². The second-order valence-electron chi connectivity index (χ2n) is 4.08. The highest BCUT2D eigenvalue weighted by Crippen LogP contribution is 2.33. The SMILES string of the molecule is Cc1cc(N2CCNCC2)c(Br)cc1[N+](=O)[O-]. The summed E-state index contributed by atoms with van der Waals surface area (Å²) in [5, 5.41) is 14.1. The minimum absolute atomic E-state index is 0.163. The minimum Gasteiger partial charge on any atom is -0.368 e. The van der Waals surface area contributed by atoms with E-state index in [9.17, 15) is 10.1 Å². The first-order valence-corrected chi connectivity index (χ1v) is 6.29. The Balaban J connectivity index is 2.35. The van der Waals surface area contributed by atoms with Gasteiger partial charge in [-0.25, -0.2) is 0 Å². The number of piperazine rings is 1. The summed E-state index contributed by atoms with van der Waals surface area (Å²) >= 11 is 3.42. The third-order valence-electron chi connectivity index (χ3n) is 2.92. The Morgan fingerprint density at radius 2 is 2.06 bits per heavy atom. The van der Waals surface area contributed by atoms with Crippen molar-refractivity contribution >= 4 is 27.3 Å². The molecule has 0 atom stereocenters. The molecule has 5 nitrogen and oxygen atoms in total. The van der Waals surface area contributed by atoms with Gasteiger partial charge < -0.3 is 10.2 Å². The molecular weight excluding hydrogens is 286 g/mol. The van der Waals surface area contributed by atoms with E-state index in [1.54, 1.807) is 13.0 Å². The van der Waals surface area contributed by atoms with Gasteiger partial charge in [-0.15, -0.1) is 0 Å². The van der Waals surface area contributed by atoms with Crippen LogP contribution in [0.2, 0.25) is 0 Å². The van der Waals surface area contributed by atoms with Crippen LogP contribution in [0.25, 0.3) is 0 Å². The zero-order valence-electron chi connectivity index (χ0n) is 9.57. The predicted octanol–water partition coefficient (Wildman–Crippen LogP) is 2.08. The first kappa shape index (κ1) is 12.3. The number of hydrogen-bond acceptors (Lipinski definition) is 4. The quantitative estimate of drug-likeness (QED) is 0.671. The van der Waals surface area contributed by atoms with Crippen molar-refractivity contribution in [3.63, 3.8) is 0 Å². The molecule has 0 unspecified atom stereocenters. The molecule has 1 aromatic rings. The van der Waals surface area contributed by atoms with Gasteiger partial charge >= 0.3 is 0 Å². The van der Waals surface area contributed by atoms with E-state index in [2.05, 4.69) is 26.1 Å². The number of hydrogen-bond donors (Lipinski definition) is 1. The Bertz CT molecular complexity index is 445. The topological polar surface area (TPSA) is 58.4 Å². The van der Waals surface area contributed by atoms with Crippen LogP contribution in [0, 0.1) is 17.0 Å². The molecule has 1 N–H and O–H groups in total. The van der Waals surface area contributed by atoms with Gasteiger partial charge in [0, 0.05) is 42.3 Å². The van der Waals surface area contributed by atoms with E-state index >= 15 is 0 Å². The van der Waals surface area contributed by atoms with Gasteiger partial charge in [-0.1, -0.05) is 0 Å². The first-order chi connectivity index (χ1) is 8.09. The van der Waals surface area contributed by atoms with Gasteiger partial charge in [0.2, 0.25) is 0 Å². The van der Waals surface area contributed by atoms with E-state index in [0.29, 0.717) is 5.56 Å². The van der Waals surface area contributed by atoms with Crippen LogP contribution in [0.5, 0.6) is 0 Å². The number of nitro groups is 1. The third kappa shape index (κ3) is 2.58. The fourth-order valence-electron chi connectivity index (χ4n) is 2.00. The highest BCUT2D eigenvalue weighted by Gasteiger charge is 2.18. The summed E-state index contributed by atoms with van der Waals surface area (Å²) in [6.45, 7) is 5.52. The van der Waals surface area contributed by atoms with Gasteiger partial charge in [0.15, 0.2) is 0 Å². The summed E-state index contributed by atoms with van der Waals surface area (Å²) in [6, 6.07) is 3.47. The molecule has 0 aromatic heterocycles. The molecule has 17 heavy (non-hydrogen) atoms. The molecule has 1 fully saturated rings. The van der Waals surface area contributed by atoms with Crippen LogP contribution in [0.15, 0.2) is 16.6 Å². The molecule has 1 aromatic carbocycles. The predicted molar refractivity (Wildman–Crippen MR) is 70.6 cm³/mol. The lowest BCUT2D eigenvalue weighted by Gasteiger charge is -2.30. The molecule has 1 heterocycles. The standard InChI is InChI=1S/C11H14BrN3O2/c1-8-6-11(14-4-2-13-3-5-14)9(12)7-10(8)15(16)17/h6-7,13H,2-5H2,1H3. The Morgan fingerprint density at radius 3 is 2.65 bits per heavy atom. The molecule has 0 spiro atoms. The number of anilines is 1. The molecule has 0 aliphatic carbocycles. The summed E-state index contributed by atoms with van der Waals surface area (Å²) in [4.78, 5) is 12.7. The molecule has 1 aliphatic heterocycles.